The van der Waals surface area contributed by atoms with Crippen molar-refractivity contribution in [1.29, 1.82) is 0 Å². The number of benzene rings is 2. The number of carbonyl (C=O) groups is 1. The Bertz CT molecular complexity index is 867. The Morgan fingerprint density at radius 1 is 1.09 bits per heavy atom. The third kappa shape index (κ3) is 2.67. The molecular formula is C17H12F3NO2. The van der Waals surface area contributed by atoms with Gasteiger partial charge in [-0.1, -0.05) is 30.3 Å². The van der Waals surface area contributed by atoms with Crippen molar-refractivity contribution in [3.8, 4) is 16.9 Å². The zero-order valence-electron chi connectivity index (χ0n) is 12.1. The van der Waals surface area contributed by atoms with Gasteiger partial charge in [0.25, 0.3) is 0 Å². The van der Waals surface area contributed by atoms with Crippen LogP contribution in [-0.4, -0.2) is 23.8 Å². The van der Waals surface area contributed by atoms with E-state index in [0.717, 1.165) is 5.56 Å². The van der Waals surface area contributed by atoms with Crippen LogP contribution in [0.1, 0.15) is 4.79 Å². The highest BCUT2D eigenvalue weighted by Crippen LogP contribution is 2.34. The molecule has 1 aromatic heterocycles. The maximum absolute atomic E-state index is 12.9. The van der Waals surface area contributed by atoms with E-state index in [1.54, 1.807) is 36.4 Å². The molecule has 0 N–H and O–H groups in total. The molecule has 0 fully saturated rings. The minimum atomic E-state index is -4.96. The highest BCUT2D eigenvalue weighted by atomic mass is 19.4. The Hall–Kier alpha value is -2.76. The quantitative estimate of drug-likeness (QED) is 0.695. The number of hydrogen-bond acceptors (Lipinski definition) is 2. The minimum Gasteiger partial charge on any atom is -0.497 e. The minimum absolute atomic E-state index is 0.158. The van der Waals surface area contributed by atoms with Crippen LogP contribution in [0.4, 0.5) is 13.2 Å². The van der Waals surface area contributed by atoms with Gasteiger partial charge in [0.1, 0.15) is 5.75 Å². The molecule has 1 heterocycles. The van der Waals surface area contributed by atoms with E-state index >= 15 is 0 Å². The largest absolute Gasteiger partial charge is 0.497 e. The number of methoxy groups -OCH3 is 1. The summed E-state index contributed by atoms with van der Waals surface area (Å²) in [5, 5.41) is 0.551. The molecule has 0 aliphatic heterocycles. The van der Waals surface area contributed by atoms with Gasteiger partial charge in [0.15, 0.2) is 0 Å². The van der Waals surface area contributed by atoms with Gasteiger partial charge in [-0.15, -0.1) is 0 Å². The highest BCUT2D eigenvalue weighted by molar-refractivity contribution is 6.03. The number of nitrogens with zero attached hydrogens (tertiary/aromatic N) is 1. The molecule has 118 valence electrons. The molecular weight excluding hydrogens is 307 g/mol. The molecule has 0 saturated heterocycles. The molecule has 0 aliphatic carbocycles. The van der Waals surface area contributed by atoms with Crippen LogP contribution in [0.15, 0.2) is 54.7 Å². The van der Waals surface area contributed by atoms with E-state index in [4.69, 9.17) is 4.74 Å². The molecule has 23 heavy (non-hydrogen) atoms. The summed E-state index contributed by atoms with van der Waals surface area (Å²) in [7, 11) is 1.41. The topological polar surface area (TPSA) is 31.2 Å². The molecule has 3 aromatic rings. The number of carbonyl (C=O) groups excluding carboxylic acids is 1. The van der Waals surface area contributed by atoms with Gasteiger partial charge in [0.2, 0.25) is 0 Å². The average molecular weight is 319 g/mol. The number of rotatable bonds is 2. The molecule has 0 unspecified atom stereocenters. The van der Waals surface area contributed by atoms with Crippen LogP contribution in [-0.2, 0) is 0 Å². The molecule has 0 aliphatic rings. The van der Waals surface area contributed by atoms with Crippen LogP contribution < -0.4 is 4.74 Å². The number of alkyl halides is 3. The lowest BCUT2D eigenvalue weighted by Crippen LogP contribution is -2.28. The van der Waals surface area contributed by atoms with Crippen molar-refractivity contribution in [2.24, 2.45) is 0 Å². The SMILES string of the molecule is COc1ccc2c(-c3ccccc3)cn(C(=O)C(F)(F)F)c2c1. The van der Waals surface area contributed by atoms with Gasteiger partial charge in [-0.05, 0) is 17.7 Å². The van der Waals surface area contributed by atoms with Gasteiger partial charge in [0, 0.05) is 23.2 Å². The van der Waals surface area contributed by atoms with Crippen molar-refractivity contribution < 1.29 is 22.7 Å². The molecule has 3 rings (SSSR count). The lowest BCUT2D eigenvalue weighted by molar-refractivity contribution is -0.0942. The Labute approximate surface area is 129 Å². The van der Waals surface area contributed by atoms with Crippen LogP contribution in [0.3, 0.4) is 0 Å². The third-order valence-corrected chi connectivity index (χ3v) is 3.56. The molecule has 6 heteroatoms. The predicted molar refractivity (Wildman–Crippen MR) is 80.6 cm³/mol. The van der Waals surface area contributed by atoms with Crippen LogP contribution in [0.25, 0.3) is 22.0 Å². The number of hydrogen-bond donors (Lipinski definition) is 0. The maximum atomic E-state index is 12.9. The zero-order chi connectivity index (χ0) is 16.6. The van der Waals surface area contributed by atoms with E-state index in [0.29, 0.717) is 21.3 Å². The van der Waals surface area contributed by atoms with E-state index in [2.05, 4.69) is 0 Å². The van der Waals surface area contributed by atoms with Crippen molar-refractivity contribution in [2.45, 2.75) is 6.18 Å². The first-order chi connectivity index (χ1) is 10.9. The summed E-state index contributed by atoms with van der Waals surface area (Å²) in [6, 6.07) is 13.7. The number of fused-ring (bicyclic) bond motifs is 1. The fourth-order valence-electron chi connectivity index (χ4n) is 2.49. The Morgan fingerprint density at radius 2 is 1.78 bits per heavy atom. The molecule has 3 nitrogen and oxygen atoms in total. The number of aromatic nitrogens is 1. The standard InChI is InChI=1S/C17H12F3NO2/c1-23-12-7-8-13-14(11-5-3-2-4-6-11)10-21(15(13)9-12)16(22)17(18,19)20/h2-10H,1H3. The second kappa shape index (κ2) is 5.46. The molecule has 0 atom stereocenters. The Kier molecular flexibility index (Phi) is 3.60. The molecule has 0 spiro atoms. The third-order valence-electron chi connectivity index (χ3n) is 3.56. The van der Waals surface area contributed by atoms with Crippen molar-refractivity contribution in [3.63, 3.8) is 0 Å². The molecule has 0 radical (unpaired) electrons. The van der Waals surface area contributed by atoms with Gasteiger partial charge in [-0.3, -0.25) is 9.36 Å². The summed E-state index contributed by atoms with van der Waals surface area (Å²) >= 11 is 0. The monoisotopic (exact) mass is 319 g/mol. The molecule has 0 saturated carbocycles. The van der Waals surface area contributed by atoms with Crippen LogP contribution in [0.5, 0.6) is 5.75 Å². The number of ether oxygens (including phenoxy) is 1. The van der Waals surface area contributed by atoms with E-state index in [1.165, 1.54) is 19.4 Å². The van der Waals surface area contributed by atoms with E-state index in [9.17, 15) is 18.0 Å². The van der Waals surface area contributed by atoms with E-state index in [1.807, 2.05) is 6.07 Å². The van der Waals surface area contributed by atoms with Crippen molar-refractivity contribution in [1.82, 2.24) is 4.57 Å². The van der Waals surface area contributed by atoms with Crippen LogP contribution in [0, 0.1) is 0 Å². The lowest BCUT2D eigenvalue weighted by Gasteiger charge is -2.07. The zero-order valence-corrected chi connectivity index (χ0v) is 12.1. The first-order valence-corrected chi connectivity index (χ1v) is 6.78. The number of halogens is 3. The smallest absolute Gasteiger partial charge is 0.472 e. The normalized spacial score (nSPS) is 11.7. The second-order valence-corrected chi connectivity index (χ2v) is 4.96. The van der Waals surface area contributed by atoms with Crippen molar-refractivity contribution in [2.75, 3.05) is 7.11 Å². The van der Waals surface area contributed by atoms with Gasteiger partial charge in [0.05, 0.1) is 12.6 Å². The van der Waals surface area contributed by atoms with Crippen LogP contribution >= 0.6 is 0 Å². The molecule has 0 bridgehead atoms. The van der Waals surface area contributed by atoms with Crippen LogP contribution in [0.2, 0.25) is 0 Å². The van der Waals surface area contributed by atoms with E-state index < -0.39 is 12.1 Å². The van der Waals surface area contributed by atoms with Gasteiger partial charge in [-0.25, -0.2) is 0 Å². The fraction of sp³-hybridized carbons (Fsp3) is 0.118. The first kappa shape index (κ1) is 15.1. The predicted octanol–water partition coefficient (Wildman–Crippen LogP) is 4.52. The Balaban J connectivity index is 2.29. The first-order valence-electron chi connectivity index (χ1n) is 6.78. The summed E-state index contributed by atoms with van der Waals surface area (Å²) in [6.07, 6.45) is -3.74. The summed E-state index contributed by atoms with van der Waals surface area (Å²) in [5.74, 6) is -1.55. The average Bonchev–Trinajstić information content (AvgIpc) is 2.92. The van der Waals surface area contributed by atoms with Gasteiger partial charge in [-0.2, -0.15) is 13.2 Å². The second-order valence-electron chi connectivity index (χ2n) is 4.96. The highest BCUT2D eigenvalue weighted by Gasteiger charge is 2.40. The van der Waals surface area contributed by atoms with E-state index in [-0.39, 0.29) is 5.52 Å². The van der Waals surface area contributed by atoms with Gasteiger partial charge >= 0.3 is 12.1 Å². The maximum Gasteiger partial charge on any atom is 0.472 e. The van der Waals surface area contributed by atoms with Crippen molar-refractivity contribution in [3.05, 3.63) is 54.7 Å². The van der Waals surface area contributed by atoms with Gasteiger partial charge < -0.3 is 4.74 Å². The molecule has 2 aromatic carbocycles. The van der Waals surface area contributed by atoms with Crippen molar-refractivity contribution >= 4 is 16.8 Å². The Morgan fingerprint density at radius 3 is 2.39 bits per heavy atom. The summed E-state index contributed by atoms with van der Waals surface area (Å²) in [6.45, 7) is 0. The fourth-order valence-corrected chi connectivity index (χ4v) is 2.49. The molecule has 0 amide bonds. The summed E-state index contributed by atoms with van der Waals surface area (Å²) < 4.78 is 44.2. The summed E-state index contributed by atoms with van der Waals surface area (Å²) in [5.41, 5.74) is 1.45. The lowest BCUT2D eigenvalue weighted by atomic mass is 10.1. The summed E-state index contributed by atoms with van der Waals surface area (Å²) in [4.78, 5) is 11.7.